The van der Waals surface area contributed by atoms with Crippen LogP contribution in [-0.2, 0) is 0 Å². The molecule has 1 aromatic heterocycles. The molecular weight excluding hydrogens is 306 g/mol. The number of furan rings is 1. The maximum absolute atomic E-state index is 5.63. The van der Waals surface area contributed by atoms with E-state index in [1.807, 2.05) is 18.2 Å². The van der Waals surface area contributed by atoms with Crippen molar-refractivity contribution in [3.8, 4) is 5.75 Å². The average Bonchev–Trinajstić information content (AvgIpc) is 2.82. The van der Waals surface area contributed by atoms with E-state index in [9.17, 15) is 0 Å². The molecule has 0 aliphatic rings. The third-order valence-electron chi connectivity index (χ3n) is 3.09. The number of nitrogens with one attached hydrogen (secondary N) is 1. The van der Waals surface area contributed by atoms with Crippen LogP contribution in [0.25, 0.3) is 0 Å². The molecule has 1 aromatic carbocycles. The van der Waals surface area contributed by atoms with Gasteiger partial charge in [0.15, 0.2) is 0 Å². The molecule has 0 bridgehead atoms. The Bertz CT molecular complexity index is 551. The number of methoxy groups -OCH3 is 1. The summed E-state index contributed by atoms with van der Waals surface area (Å²) in [4.78, 5) is 0. The number of hydrogen-bond acceptors (Lipinski definition) is 3. The Hall–Kier alpha value is -1.26. The highest BCUT2D eigenvalue weighted by Crippen LogP contribution is 2.33. The standard InChI is InChI=1S/C15H18BrNO2/c1-4-17-14(15-10(2)7-8-19-15)12-6-5-11(18-3)9-13(12)16/h5-9,14,17H,4H2,1-3H3. The number of aryl methyl sites for hydroxylation is 1. The van der Waals surface area contributed by atoms with Crippen molar-refractivity contribution in [3.05, 3.63) is 51.9 Å². The number of hydrogen-bond donors (Lipinski definition) is 1. The molecule has 0 radical (unpaired) electrons. The van der Waals surface area contributed by atoms with Crippen molar-refractivity contribution in [2.75, 3.05) is 13.7 Å². The van der Waals surface area contributed by atoms with E-state index in [0.29, 0.717) is 0 Å². The Kier molecular flexibility index (Phi) is 4.66. The van der Waals surface area contributed by atoms with Crippen LogP contribution in [-0.4, -0.2) is 13.7 Å². The highest BCUT2D eigenvalue weighted by Gasteiger charge is 2.20. The topological polar surface area (TPSA) is 34.4 Å². The Morgan fingerprint density at radius 3 is 2.68 bits per heavy atom. The van der Waals surface area contributed by atoms with Gasteiger partial charge in [-0.15, -0.1) is 0 Å². The molecule has 0 amide bonds. The second-order valence-electron chi connectivity index (χ2n) is 4.35. The molecule has 2 rings (SSSR count). The van der Waals surface area contributed by atoms with Gasteiger partial charge in [0, 0.05) is 4.47 Å². The van der Waals surface area contributed by atoms with Crippen molar-refractivity contribution >= 4 is 15.9 Å². The quantitative estimate of drug-likeness (QED) is 0.901. The fourth-order valence-electron chi connectivity index (χ4n) is 2.10. The summed E-state index contributed by atoms with van der Waals surface area (Å²) >= 11 is 3.61. The smallest absolute Gasteiger partial charge is 0.128 e. The van der Waals surface area contributed by atoms with Crippen LogP contribution in [0.4, 0.5) is 0 Å². The third kappa shape index (κ3) is 3.01. The number of halogens is 1. The van der Waals surface area contributed by atoms with Crippen molar-refractivity contribution in [3.63, 3.8) is 0 Å². The first-order valence-electron chi connectivity index (χ1n) is 6.28. The third-order valence-corrected chi connectivity index (χ3v) is 3.78. The lowest BCUT2D eigenvalue weighted by Gasteiger charge is -2.19. The van der Waals surface area contributed by atoms with E-state index >= 15 is 0 Å². The minimum Gasteiger partial charge on any atom is -0.497 e. The van der Waals surface area contributed by atoms with Gasteiger partial charge in [0.1, 0.15) is 11.5 Å². The second kappa shape index (κ2) is 6.26. The SMILES string of the molecule is CCNC(c1ccc(OC)cc1Br)c1occc1C. The first kappa shape index (κ1) is 14.2. The maximum atomic E-state index is 5.63. The molecule has 2 aromatic rings. The molecule has 1 unspecified atom stereocenters. The van der Waals surface area contributed by atoms with Crippen LogP contribution in [0.15, 0.2) is 39.4 Å². The average molecular weight is 324 g/mol. The van der Waals surface area contributed by atoms with Crippen LogP contribution >= 0.6 is 15.9 Å². The monoisotopic (exact) mass is 323 g/mol. The minimum absolute atomic E-state index is 0.0419. The summed E-state index contributed by atoms with van der Waals surface area (Å²) in [5, 5.41) is 3.46. The van der Waals surface area contributed by atoms with E-state index in [2.05, 4.69) is 41.2 Å². The first-order valence-corrected chi connectivity index (χ1v) is 7.07. The fourth-order valence-corrected chi connectivity index (χ4v) is 2.68. The van der Waals surface area contributed by atoms with Crippen LogP contribution < -0.4 is 10.1 Å². The van der Waals surface area contributed by atoms with Crippen LogP contribution in [0.3, 0.4) is 0 Å². The second-order valence-corrected chi connectivity index (χ2v) is 5.20. The lowest BCUT2D eigenvalue weighted by molar-refractivity contribution is 0.413. The van der Waals surface area contributed by atoms with Crippen LogP contribution in [0, 0.1) is 6.92 Å². The zero-order valence-corrected chi connectivity index (χ0v) is 13.0. The Morgan fingerprint density at radius 1 is 1.37 bits per heavy atom. The largest absolute Gasteiger partial charge is 0.497 e. The van der Waals surface area contributed by atoms with Gasteiger partial charge < -0.3 is 14.5 Å². The van der Waals surface area contributed by atoms with Gasteiger partial charge in [-0.25, -0.2) is 0 Å². The van der Waals surface area contributed by atoms with E-state index < -0.39 is 0 Å². The van der Waals surface area contributed by atoms with Gasteiger partial charge in [-0.1, -0.05) is 28.9 Å². The van der Waals surface area contributed by atoms with Gasteiger partial charge in [0.05, 0.1) is 19.4 Å². The van der Waals surface area contributed by atoms with Crippen molar-refractivity contribution in [2.24, 2.45) is 0 Å². The van der Waals surface area contributed by atoms with Crippen molar-refractivity contribution in [2.45, 2.75) is 19.9 Å². The van der Waals surface area contributed by atoms with Gasteiger partial charge in [-0.3, -0.25) is 0 Å². The lowest BCUT2D eigenvalue weighted by Crippen LogP contribution is -2.22. The molecule has 0 spiro atoms. The summed E-state index contributed by atoms with van der Waals surface area (Å²) in [6.07, 6.45) is 1.73. The highest BCUT2D eigenvalue weighted by atomic mass is 79.9. The van der Waals surface area contributed by atoms with E-state index in [-0.39, 0.29) is 6.04 Å². The number of rotatable bonds is 5. The molecule has 0 aliphatic carbocycles. The first-order chi connectivity index (χ1) is 9.17. The summed E-state index contributed by atoms with van der Waals surface area (Å²) in [5.41, 5.74) is 2.29. The number of ether oxygens (including phenoxy) is 1. The van der Waals surface area contributed by atoms with Crippen molar-refractivity contribution < 1.29 is 9.15 Å². The summed E-state index contributed by atoms with van der Waals surface area (Å²) in [6.45, 7) is 5.01. The molecule has 0 aliphatic heterocycles. The summed E-state index contributed by atoms with van der Waals surface area (Å²) < 4.78 is 11.9. The van der Waals surface area contributed by atoms with Crippen LogP contribution in [0.2, 0.25) is 0 Å². The van der Waals surface area contributed by atoms with Gasteiger partial charge in [0.2, 0.25) is 0 Å². The maximum Gasteiger partial charge on any atom is 0.128 e. The number of benzene rings is 1. The van der Waals surface area contributed by atoms with Crippen molar-refractivity contribution in [1.29, 1.82) is 0 Å². The Labute approximate surface area is 122 Å². The van der Waals surface area contributed by atoms with Gasteiger partial charge in [-0.2, -0.15) is 0 Å². The van der Waals surface area contributed by atoms with Crippen molar-refractivity contribution in [1.82, 2.24) is 5.32 Å². The normalized spacial score (nSPS) is 12.4. The molecule has 0 saturated carbocycles. The Morgan fingerprint density at radius 2 is 2.16 bits per heavy atom. The zero-order valence-electron chi connectivity index (χ0n) is 11.4. The Balaban J connectivity index is 2.42. The van der Waals surface area contributed by atoms with E-state index in [1.165, 1.54) is 0 Å². The molecule has 19 heavy (non-hydrogen) atoms. The highest BCUT2D eigenvalue weighted by molar-refractivity contribution is 9.10. The summed E-state index contributed by atoms with van der Waals surface area (Å²) in [7, 11) is 1.67. The molecular formula is C15H18BrNO2. The van der Waals surface area contributed by atoms with Gasteiger partial charge in [0.25, 0.3) is 0 Å². The fraction of sp³-hybridized carbons (Fsp3) is 0.333. The molecule has 0 saturated heterocycles. The predicted molar refractivity (Wildman–Crippen MR) is 79.7 cm³/mol. The van der Waals surface area contributed by atoms with Crippen LogP contribution in [0.1, 0.15) is 29.9 Å². The van der Waals surface area contributed by atoms with E-state index in [0.717, 1.165) is 33.7 Å². The molecule has 3 nitrogen and oxygen atoms in total. The van der Waals surface area contributed by atoms with E-state index in [1.54, 1.807) is 13.4 Å². The predicted octanol–water partition coefficient (Wildman–Crippen LogP) is 4.06. The minimum atomic E-state index is 0.0419. The molecule has 1 atom stereocenters. The molecule has 0 fully saturated rings. The van der Waals surface area contributed by atoms with Gasteiger partial charge in [-0.05, 0) is 42.8 Å². The lowest BCUT2D eigenvalue weighted by atomic mass is 10.0. The molecule has 4 heteroatoms. The molecule has 102 valence electrons. The van der Waals surface area contributed by atoms with Crippen LogP contribution in [0.5, 0.6) is 5.75 Å². The molecule has 1 heterocycles. The summed E-state index contributed by atoms with van der Waals surface area (Å²) in [5.74, 6) is 1.79. The van der Waals surface area contributed by atoms with E-state index in [4.69, 9.17) is 9.15 Å². The summed E-state index contributed by atoms with van der Waals surface area (Å²) in [6, 6.07) is 8.01. The zero-order chi connectivity index (χ0) is 13.8. The molecule has 1 N–H and O–H groups in total. The van der Waals surface area contributed by atoms with Gasteiger partial charge >= 0.3 is 0 Å².